The Bertz CT molecular complexity index is 555. The van der Waals surface area contributed by atoms with Crippen molar-refractivity contribution < 1.29 is 4.79 Å². The summed E-state index contributed by atoms with van der Waals surface area (Å²) in [5.74, 6) is -0.204. The quantitative estimate of drug-likeness (QED) is 0.846. The van der Waals surface area contributed by atoms with E-state index >= 15 is 0 Å². The molecule has 1 aromatic carbocycles. The summed E-state index contributed by atoms with van der Waals surface area (Å²) in [6.45, 7) is 7.84. The van der Waals surface area contributed by atoms with Crippen LogP contribution in [0.15, 0.2) is 12.1 Å². The molecule has 0 radical (unpaired) electrons. The van der Waals surface area contributed by atoms with E-state index in [1.807, 2.05) is 18.7 Å². The Hall–Kier alpha value is -1.82. The smallest absolute Gasteiger partial charge is 0.224 e. The standard InChI is InChI=1S/C19H26N2O/c1-14-10-15(2)19(16(3)11-14)17(13-20)12-18(22)21-8-6-4-5-7-9-21/h10-11,17H,4-9,12H2,1-3H3. The zero-order valence-electron chi connectivity index (χ0n) is 14.0. The SMILES string of the molecule is Cc1cc(C)c(C(C#N)CC(=O)N2CCCCCC2)c(C)c1. The van der Waals surface area contributed by atoms with Crippen LogP contribution in [0.5, 0.6) is 0 Å². The van der Waals surface area contributed by atoms with Crippen molar-refractivity contribution in [1.82, 2.24) is 4.90 Å². The lowest BCUT2D eigenvalue weighted by Crippen LogP contribution is -2.32. The summed E-state index contributed by atoms with van der Waals surface area (Å²) >= 11 is 0. The Kier molecular flexibility index (Phi) is 5.60. The predicted octanol–water partition coefficient (Wildman–Crippen LogP) is 4.01. The monoisotopic (exact) mass is 298 g/mol. The van der Waals surface area contributed by atoms with Crippen molar-refractivity contribution in [2.45, 2.75) is 58.8 Å². The van der Waals surface area contributed by atoms with E-state index in [-0.39, 0.29) is 11.8 Å². The lowest BCUT2D eigenvalue weighted by molar-refractivity contribution is -0.131. The van der Waals surface area contributed by atoms with Crippen molar-refractivity contribution in [2.24, 2.45) is 0 Å². The molecule has 0 saturated carbocycles. The molecule has 1 saturated heterocycles. The topological polar surface area (TPSA) is 44.1 Å². The molecule has 1 aromatic rings. The number of amides is 1. The maximum absolute atomic E-state index is 12.6. The van der Waals surface area contributed by atoms with Crippen LogP contribution in [0.2, 0.25) is 0 Å². The average Bonchev–Trinajstić information content (AvgIpc) is 2.74. The number of rotatable bonds is 3. The summed E-state index contributed by atoms with van der Waals surface area (Å²) in [6, 6.07) is 6.56. The second-order valence-corrected chi connectivity index (χ2v) is 6.49. The fourth-order valence-electron chi connectivity index (χ4n) is 3.58. The molecule has 1 aliphatic heterocycles. The summed E-state index contributed by atoms with van der Waals surface area (Å²) in [7, 11) is 0. The van der Waals surface area contributed by atoms with Crippen LogP contribution in [0, 0.1) is 32.1 Å². The maximum Gasteiger partial charge on any atom is 0.224 e. The minimum atomic E-state index is -0.337. The molecule has 0 spiro atoms. The summed E-state index contributed by atoms with van der Waals surface area (Å²) in [5, 5.41) is 9.58. The van der Waals surface area contributed by atoms with E-state index in [0.29, 0.717) is 6.42 Å². The third-order valence-electron chi connectivity index (χ3n) is 4.58. The van der Waals surface area contributed by atoms with Gasteiger partial charge in [0.25, 0.3) is 0 Å². The first kappa shape index (κ1) is 16.5. The Labute approximate surface area is 133 Å². The van der Waals surface area contributed by atoms with Gasteiger partial charge in [-0.1, -0.05) is 30.5 Å². The predicted molar refractivity (Wildman–Crippen MR) is 88.7 cm³/mol. The Morgan fingerprint density at radius 3 is 2.18 bits per heavy atom. The number of likely N-dealkylation sites (tertiary alicyclic amines) is 1. The highest BCUT2D eigenvalue weighted by atomic mass is 16.2. The zero-order valence-corrected chi connectivity index (χ0v) is 14.0. The van der Waals surface area contributed by atoms with E-state index in [1.54, 1.807) is 0 Å². The molecule has 0 aliphatic carbocycles. The molecule has 118 valence electrons. The maximum atomic E-state index is 12.6. The molecule has 0 aromatic heterocycles. The van der Waals surface area contributed by atoms with Gasteiger partial charge in [0.2, 0.25) is 5.91 Å². The first-order valence-electron chi connectivity index (χ1n) is 8.28. The Balaban J connectivity index is 2.16. The molecule has 1 amide bonds. The molecule has 1 aliphatic rings. The molecule has 0 bridgehead atoms. The molecule has 3 nitrogen and oxygen atoms in total. The molecular weight excluding hydrogens is 272 g/mol. The fraction of sp³-hybridized carbons (Fsp3) is 0.579. The number of carbonyl (C=O) groups excluding carboxylic acids is 1. The molecule has 1 fully saturated rings. The number of hydrogen-bond acceptors (Lipinski definition) is 2. The Morgan fingerprint density at radius 2 is 1.68 bits per heavy atom. The minimum absolute atomic E-state index is 0.132. The molecule has 0 N–H and O–H groups in total. The van der Waals surface area contributed by atoms with Gasteiger partial charge in [-0.2, -0.15) is 5.26 Å². The van der Waals surface area contributed by atoms with Crippen LogP contribution < -0.4 is 0 Å². The highest BCUT2D eigenvalue weighted by Gasteiger charge is 2.23. The highest BCUT2D eigenvalue weighted by molar-refractivity contribution is 5.78. The molecular formula is C19H26N2O. The van der Waals surface area contributed by atoms with E-state index in [9.17, 15) is 10.1 Å². The van der Waals surface area contributed by atoms with Crippen molar-refractivity contribution in [2.75, 3.05) is 13.1 Å². The first-order valence-corrected chi connectivity index (χ1v) is 8.28. The van der Waals surface area contributed by atoms with E-state index < -0.39 is 0 Å². The lowest BCUT2D eigenvalue weighted by Gasteiger charge is -2.23. The summed E-state index contributed by atoms with van der Waals surface area (Å²) in [6.07, 6.45) is 4.90. The van der Waals surface area contributed by atoms with Gasteiger partial charge in [0.05, 0.1) is 12.0 Å². The number of nitrogens with zero attached hydrogens (tertiary/aromatic N) is 2. The largest absolute Gasteiger partial charge is 0.343 e. The summed E-state index contributed by atoms with van der Waals surface area (Å²) in [5.41, 5.74) is 4.48. The second-order valence-electron chi connectivity index (χ2n) is 6.49. The van der Waals surface area contributed by atoms with Gasteiger partial charge >= 0.3 is 0 Å². The fourth-order valence-corrected chi connectivity index (χ4v) is 3.58. The third kappa shape index (κ3) is 3.88. The number of nitriles is 1. The van der Waals surface area contributed by atoms with E-state index in [1.165, 1.54) is 18.4 Å². The van der Waals surface area contributed by atoms with Gasteiger partial charge < -0.3 is 4.90 Å². The summed E-state index contributed by atoms with van der Waals surface area (Å²) in [4.78, 5) is 14.5. The van der Waals surface area contributed by atoms with Gasteiger partial charge in [0.15, 0.2) is 0 Å². The molecule has 1 heterocycles. The number of aryl methyl sites for hydroxylation is 3. The number of benzene rings is 1. The van der Waals surface area contributed by atoms with Gasteiger partial charge in [-0.3, -0.25) is 4.79 Å². The normalized spacial score (nSPS) is 16.7. The molecule has 3 heteroatoms. The van der Waals surface area contributed by atoms with Crippen LogP contribution >= 0.6 is 0 Å². The second kappa shape index (κ2) is 7.45. The van der Waals surface area contributed by atoms with Gasteiger partial charge in [0.1, 0.15) is 0 Å². The van der Waals surface area contributed by atoms with Gasteiger partial charge in [-0.05, 0) is 50.3 Å². The van der Waals surface area contributed by atoms with E-state index in [0.717, 1.165) is 42.6 Å². The molecule has 1 unspecified atom stereocenters. The van der Waals surface area contributed by atoms with Crippen LogP contribution in [0.4, 0.5) is 0 Å². The van der Waals surface area contributed by atoms with Crippen LogP contribution in [0.1, 0.15) is 60.3 Å². The van der Waals surface area contributed by atoms with Crippen molar-refractivity contribution in [3.05, 3.63) is 34.4 Å². The van der Waals surface area contributed by atoms with Crippen LogP contribution in [-0.4, -0.2) is 23.9 Å². The average molecular weight is 298 g/mol. The highest BCUT2D eigenvalue weighted by Crippen LogP contribution is 2.28. The van der Waals surface area contributed by atoms with Crippen molar-refractivity contribution in [3.8, 4) is 6.07 Å². The van der Waals surface area contributed by atoms with Crippen molar-refractivity contribution in [3.63, 3.8) is 0 Å². The van der Waals surface area contributed by atoms with Crippen LogP contribution in [-0.2, 0) is 4.79 Å². The Morgan fingerprint density at radius 1 is 1.14 bits per heavy atom. The third-order valence-corrected chi connectivity index (χ3v) is 4.58. The van der Waals surface area contributed by atoms with Crippen LogP contribution in [0.3, 0.4) is 0 Å². The zero-order chi connectivity index (χ0) is 16.1. The van der Waals surface area contributed by atoms with E-state index in [4.69, 9.17) is 0 Å². The van der Waals surface area contributed by atoms with Crippen molar-refractivity contribution >= 4 is 5.91 Å². The first-order chi connectivity index (χ1) is 10.5. The van der Waals surface area contributed by atoms with Crippen LogP contribution in [0.25, 0.3) is 0 Å². The molecule has 1 atom stereocenters. The summed E-state index contributed by atoms with van der Waals surface area (Å²) < 4.78 is 0. The number of hydrogen-bond donors (Lipinski definition) is 0. The molecule has 22 heavy (non-hydrogen) atoms. The van der Waals surface area contributed by atoms with Gasteiger partial charge in [-0.15, -0.1) is 0 Å². The van der Waals surface area contributed by atoms with Crippen molar-refractivity contribution in [1.29, 1.82) is 5.26 Å². The molecule has 2 rings (SSSR count). The number of carbonyl (C=O) groups is 1. The minimum Gasteiger partial charge on any atom is -0.343 e. The van der Waals surface area contributed by atoms with Gasteiger partial charge in [-0.25, -0.2) is 0 Å². The van der Waals surface area contributed by atoms with E-state index in [2.05, 4.69) is 25.1 Å². The lowest BCUT2D eigenvalue weighted by atomic mass is 9.88. The van der Waals surface area contributed by atoms with Gasteiger partial charge in [0, 0.05) is 19.5 Å².